The van der Waals surface area contributed by atoms with Gasteiger partial charge in [0.15, 0.2) is 6.10 Å². The van der Waals surface area contributed by atoms with E-state index in [-0.39, 0.29) is 31.1 Å². The van der Waals surface area contributed by atoms with Crippen molar-refractivity contribution in [2.45, 2.75) is 201 Å². The van der Waals surface area contributed by atoms with Gasteiger partial charge in [0.2, 0.25) is 0 Å². The Balaban J connectivity index is 4.34. The van der Waals surface area contributed by atoms with Gasteiger partial charge in [-0.1, -0.05) is 156 Å². The topological polar surface area (TPSA) is 78.9 Å². The van der Waals surface area contributed by atoms with Crippen LogP contribution in [-0.2, 0) is 28.6 Å². The van der Waals surface area contributed by atoms with Gasteiger partial charge in [-0.2, -0.15) is 0 Å². The third kappa shape index (κ3) is 31.6. The fourth-order valence-electron chi connectivity index (χ4n) is 5.21. The summed E-state index contributed by atoms with van der Waals surface area (Å²) in [5, 5.41) is 0. The molecule has 0 fully saturated rings. The second-order valence-corrected chi connectivity index (χ2v) is 13.0. The molecule has 0 aliphatic carbocycles. The van der Waals surface area contributed by atoms with Crippen LogP contribution in [0.3, 0.4) is 0 Å². The Morgan fingerprint density at radius 1 is 0.442 bits per heavy atom. The Morgan fingerprint density at radius 3 is 1.14 bits per heavy atom. The number of hydrogen-bond acceptors (Lipinski definition) is 6. The van der Waals surface area contributed by atoms with Crippen LogP contribution >= 0.6 is 0 Å². The van der Waals surface area contributed by atoms with Crippen LogP contribution in [-0.4, -0.2) is 37.2 Å². The van der Waals surface area contributed by atoms with Crippen molar-refractivity contribution < 1.29 is 28.6 Å². The van der Waals surface area contributed by atoms with Gasteiger partial charge < -0.3 is 14.2 Å². The summed E-state index contributed by atoms with van der Waals surface area (Å²) in [5.74, 6) is -0.117. The molecule has 0 heterocycles. The highest BCUT2D eigenvalue weighted by atomic mass is 16.6. The molecule has 0 aliphatic heterocycles. The van der Waals surface area contributed by atoms with Gasteiger partial charge in [-0.15, -0.1) is 0 Å². The van der Waals surface area contributed by atoms with E-state index in [0.717, 1.165) is 63.7 Å². The van der Waals surface area contributed by atoms with E-state index < -0.39 is 6.10 Å². The lowest BCUT2D eigenvalue weighted by atomic mass is 10.0. The summed E-state index contributed by atoms with van der Waals surface area (Å²) in [4.78, 5) is 37.1. The highest BCUT2D eigenvalue weighted by molar-refractivity contribution is 5.71. The van der Waals surface area contributed by atoms with Gasteiger partial charge in [-0.3, -0.25) is 14.4 Å². The average Bonchev–Trinajstić information content (AvgIpc) is 2.98. The average molecular weight is 611 g/mol. The van der Waals surface area contributed by atoms with Crippen LogP contribution in [0.1, 0.15) is 195 Å². The van der Waals surface area contributed by atoms with Crippen LogP contribution in [0.25, 0.3) is 0 Å². The minimum atomic E-state index is -0.756. The predicted molar refractivity (Wildman–Crippen MR) is 178 cm³/mol. The van der Waals surface area contributed by atoms with Gasteiger partial charge >= 0.3 is 17.9 Å². The number of carbonyl (C=O) groups is 3. The van der Waals surface area contributed by atoms with E-state index in [1.807, 2.05) is 0 Å². The van der Waals surface area contributed by atoms with Crippen molar-refractivity contribution in [1.82, 2.24) is 0 Å². The molecule has 0 bridgehead atoms. The zero-order valence-electron chi connectivity index (χ0n) is 28.9. The van der Waals surface area contributed by atoms with Crippen molar-refractivity contribution in [1.29, 1.82) is 0 Å². The van der Waals surface area contributed by atoms with Crippen molar-refractivity contribution in [2.75, 3.05) is 13.2 Å². The third-order valence-corrected chi connectivity index (χ3v) is 8.04. The molecule has 0 spiro atoms. The van der Waals surface area contributed by atoms with E-state index in [9.17, 15) is 14.4 Å². The predicted octanol–water partition coefficient (Wildman–Crippen LogP) is 10.8. The fraction of sp³-hybridized carbons (Fsp3) is 0.919. The van der Waals surface area contributed by atoms with Crippen LogP contribution in [0.15, 0.2) is 0 Å². The number of ether oxygens (including phenoxy) is 3. The molecule has 0 saturated heterocycles. The van der Waals surface area contributed by atoms with Crippen LogP contribution in [0.2, 0.25) is 0 Å². The monoisotopic (exact) mass is 611 g/mol. The van der Waals surface area contributed by atoms with Crippen molar-refractivity contribution in [2.24, 2.45) is 5.92 Å². The second-order valence-electron chi connectivity index (χ2n) is 13.0. The summed E-state index contributed by atoms with van der Waals surface area (Å²) >= 11 is 0. The van der Waals surface area contributed by atoms with E-state index in [1.165, 1.54) is 89.9 Å². The summed E-state index contributed by atoms with van der Waals surface area (Å²) in [5.41, 5.74) is 0. The molecule has 0 saturated carbocycles. The Hall–Kier alpha value is -1.59. The lowest BCUT2D eigenvalue weighted by molar-refractivity contribution is -0.167. The molecule has 0 unspecified atom stereocenters. The molecule has 0 aliphatic rings. The van der Waals surface area contributed by atoms with E-state index in [0.29, 0.717) is 19.3 Å². The summed E-state index contributed by atoms with van der Waals surface area (Å²) in [7, 11) is 0. The molecule has 6 nitrogen and oxygen atoms in total. The Morgan fingerprint density at radius 2 is 0.767 bits per heavy atom. The van der Waals surface area contributed by atoms with Crippen LogP contribution < -0.4 is 0 Å². The summed E-state index contributed by atoms with van der Waals surface area (Å²) in [6, 6.07) is 0. The van der Waals surface area contributed by atoms with Crippen molar-refractivity contribution in [3.63, 3.8) is 0 Å². The first-order valence-electron chi connectivity index (χ1n) is 18.4. The van der Waals surface area contributed by atoms with Gasteiger partial charge in [-0.25, -0.2) is 0 Å². The SMILES string of the molecule is CCCCCCCCCCCC(=O)OC[C@@H](COC(=O)CCCCCCCCC(C)C)OC(=O)CCCCCCCCC. The van der Waals surface area contributed by atoms with E-state index >= 15 is 0 Å². The van der Waals surface area contributed by atoms with Crippen molar-refractivity contribution in [3.05, 3.63) is 0 Å². The fourth-order valence-corrected chi connectivity index (χ4v) is 5.21. The Bertz CT molecular complexity index is 647. The zero-order valence-corrected chi connectivity index (χ0v) is 28.9. The number of hydrogen-bond donors (Lipinski definition) is 0. The molecule has 0 aromatic carbocycles. The Kier molecular flexibility index (Phi) is 30.6. The molecule has 254 valence electrons. The number of carbonyl (C=O) groups excluding carboxylic acids is 3. The molecule has 0 aromatic heterocycles. The van der Waals surface area contributed by atoms with Gasteiger partial charge in [0.1, 0.15) is 13.2 Å². The van der Waals surface area contributed by atoms with Gasteiger partial charge in [0.05, 0.1) is 0 Å². The summed E-state index contributed by atoms with van der Waals surface area (Å²) < 4.78 is 16.5. The minimum Gasteiger partial charge on any atom is -0.462 e. The standard InChI is InChI=1S/C37H70O6/c1-5-7-9-11-13-14-16-20-24-28-35(38)41-31-34(43-37(40)30-26-22-15-12-10-8-6-2)32-42-36(39)29-25-21-18-17-19-23-27-33(3)4/h33-34H,5-32H2,1-4H3/t34-/m0/s1. The smallest absolute Gasteiger partial charge is 0.306 e. The normalized spacial score (nSPS) is 11.9. The molecule has 6 heteroatoms. The number of esters is 3. The highest BCUT2D eigenvalue weighted by Gasteiger charge is 2.19. The van der Waals surface area contributed by atoms with E-state index in [1.54, 1.807) is 0 Å². The molecule has 43 heavy (non-hydrogen) atoms. The maximum atomic E-state index is 12.5. The lowest BCUT2D eigenvalue weighted by Crippen LogP contribution is -2.30. The maximum Gasteiger partial charge on any atom is 0.306 e. The van der Waals surface area contributed by atoms with Crippen LogP contribution in [0.5, 0.6) is 0 Å². The molecule has 0 amide bonds. The summed E-state index contributed by atoms with van der Waals surface area (Å²) in [6.45, 7) is 8.82. The Labute approximate surface area is 266 Å². The first-order valence-corrected chi connectivity index (χ1v) is 18.4. The van der Waals surface area contributed by atoms with Gasteiger partial charge in [-0.05, 0) is 25.2 Å². The first kappa shape index (κ1) is 41.4. The maximum absolute atomic E-state index is 12.5. The third-order valence-electron chi connectivity index (χ3n) is 8.04. The molecule has 0 rings (SSSR count). The molecule has 1 atom stereocenters. The second kappa shape index (κ2) is 31.8. The summed E-state index contributed by atoms with van der Waals surface area (Å²) in [6.07, 6.45) is 26.8. The molecule has 0 aromatic rings. The molecule has 0 N–H and O–H groups in total. The quantitative estimate of drug-likeness (QED) is 0.0428. The highest BCUT2D eigenvalue weighted by Crippen LogP contribution is 2.14. The van der Waals surface area contributed by atoms with Crippen LogP contribution in [0, 0.1) is 5.92 Å². The van der Waals surface area contributed by atoms with Crippen molar-refractivity contribution in [3.8, 4) is 0 Å². The minimum absolute atomic E-state index is 0.0668. The number of unbranched alkanes of at least 4 members (excludes halogenated alkanes) is 19. The molecule has 0 radical (unpaired) electrons. The van der Waals surface area contributed by atoms with E-state index in [4.69, 9.17) is 14.2 Å². The largest absolute Gasteiger partial charge is 0.462 e. The molecular weight excluding hydrogens is 540 g/mol. The zero-order chi connectivity index (χ0) is 31.8. The van der Waals surface area contributed by atoms with Crippen molar-refractivity contribution >= 4 is 17.9 Å². The van der Waals surface area contributed by atoms with Gasteiger partial charge in [0, 0.05) is 19.3 Å². The lowest BCUT2D eigenvalue weighted by Gasteiger charge is -2.18. The van der Waals surface area contributed by atoms with E-state index in [2.05, 4.69) is 27.7 Å². The van der Waals surface area contributed by atoms with Gasteiger partial charge in [0.25, 0.3) is 0 Å². The van der Waals surface area contributed by atoms with Crippen LogP contribution in [0.4, 0.5) is 0 Å². The first-order chi connectivity index (χ1) is 20.9. The number of rotatable bonds is 32. The molecular formula is C37H70O6.